The van der Waals surface area contributed by atoms with Crippen LogP contribution in [0.1, 0.15) is 22.9 Å². The Morgan fingerprint density at radius 2 is 1.59 bits per heavy atom. The first-order valence-corrected chi connectivity index (χ1v) is 7.65. The van der Waals surface area contributed by atoms with Crippen LogP contribution in [0, 0.1) is 0 Å². The average molecular weight is 309 g/mol. The molecule has 2 aromatic carbocycles. The monoisotopic (exact) mass is 308 g/mol. The lowest BCUT2D eigenvalue weighted by Crippen LogP contribution is -2.23. The zero-order valence-electron chi connectivity index (χ0n) is 12.1. The zero-order valence-corrected chi connectivity index (χ0v) is 12.9. The van der Waals surface area contributed by atoms with E-state index in [1.807, 2.05) is 66.9 Å². The highest BCUT2D eigenvalue weighted by atomic mass is 35.5. The highest BCUT2D eigenvalue weighted by Gasteiger charge is 2.17. The third kappa shape index (κ3) is 3.53. The average Bonchev–Trinajstić information content (AvgIpc) is 2.58. The largest absolute Gasteiger partial charge is 0.301 e. The van der Waals surface area contributed by atoms with Gasteiger partial charge >= 0.3 is 0 Å². The molecule has 110 valence electrons. The van der Waals surface area contributed by atoms with E-state index in [-0.39, 0.29) is 6.04 Å². The van der Waals surface area contributed by atoms with Crippen molar-refractivity contribution in [1.82, 2.24) is 10.3 Å². The second-order valence-corrected chi connectivity index (χ2v) is 5.48. The Morgan fingerprint density at radius 1 is 0.864 bits per heavy atom. The molecular formula is C19H17ClN2. The van der Waals surface area contributed by atoms with Crippen LogP contribution in [0.3, 0.4) is 0 Å². The van der Waals surface area contributed by atoms with Gasteiger partial charge in [0, 0.05) is 17.8 Å². The van der Waals surface area contributed by atoms with Crippen molar-refractivity contribution in [2.45, 2.75) is 12.6 Å². The molecule has 0 saturated heterocycles. The molecule has 0 unspecified atom stereocenters. The summed E-state index contributed by atoms with van der Waals surface area (Å²) in [6.07, 6.45) is 1.81. The van der Waals surface area contributed by atoms with Crippen molar-refractivity contribution in [2.75, 3.05) is 0 Å². The number of aromatic nitrogens is 1. The molecule has 2 nitrogen and oxygen atoms in total. The van der Waals surface area contributed by atoms with Crippen LogP contribution in [0.25, 0.3) is 0 Å². The Labute approximate surface area is 135 Å². The molecule has 0 spiro atoms. The van der Waals surface area contributed by atoms with Crippen molar-refractivity contribution >= 4 is 11.6 Å². The highest BCUT2D eigenvalue weighted by molar-refractivity contribution is 6.31. The van der Waals surface area contributed by atoms with Crippen LogP contribution < -0.4 is 5.32 Å². The highest BCUT2D eigenvalue weighted by Crippen LogP contribution is 2.27. The number of rotatable bonds is 5. The van der Waals surface area contributed by atoms with E-state index < -0.39 is 0 Å². The van der Waals surface area contributed by atoms with Crippen LogP contribution in [0.5, 0.6) is 0 Å². The van der Waals surface area contributed by atoms with Gasteiger partial charge in [-0.15, -0.1) is 0 Å². The summed E-state index contributed by atoms with van der Waals surface area (Å²) in [5.74, 6) is 0. The summed E-state index contributed by atoms with van der Waals surface area (Å²) in [6, 6.07) is 24.1. The Bertz CT molecular complexity index is 714. The lowest BCUT2D eigenvalue weighted by molar-refractivity contribution is 0.592. The Balaban J connectivity index is 1.89. The fraction of sp³-hybridized carbons (Fsp3) is 0.105. The van der Waals surface area contributed by atoms with Gasteiger partial charge in [0.15, 0.2) is 0 Å². The fourth-order valence-corrected chi connectivity index (χ4v) is 2.69. The van der Waals surface area contributed by atoms with E-state index >= 15 is 0 Å². The van der Waals surface area contributed by atoms with Gasteiger partial charge in [-0.3, -0.25) is 4.98 Å². The van der Waals surface area contributed by atoms with Gasteiger partial charge in [0.1, 0.15) is 0 Å². The first-order chi connectivity index (χ1) is 10.8. The first kappa shape index (κ1) is 14.8. The Kier molecular flexibility index (Phi) is 4.84. The number of benzene rings is 2. The summed E-state index contributed by atoms with van der Waals surface area (Å²) in [7, 11) is 0. The standard InChI is InChI=1S/C19H17ClN2/c20-17-11-5-4-10-16(17)19(18-12-6-7-13-21-18)22-14-15-8-2-1-3-9-15/h1-13,19,22H,14H2/t19-/m0/s1. The van der Waals surface area contributed by atoms with Gasteiger partial charge in [-0.25, -0.2) is 0 Å². The molecule has 0 saturated carbocycles. The molecule has 3 rings (SSSR count). The molecule has 0 aliphatic carbocycles. The normalized spacial score (nSPS) is 12.0. The molecule has 0 bridgehead atoms. The Morgan fingerprint density at radius 3 is 2.32 bits per heavy atom. The van der Waals surface area contributed by atoms with Crippen molar-refractivity contribution in [3.8, 4) is 0 Å². The maximum absolute atomic E-state index is 6.38. The van der Waals surface area contributed by atoms with Crippen LogP contribution in [0.2, 0.25) is 5.02 Å². The quantitative estimate of drug-likeness (QED) is 0.744. The minimum atomic E-state index is -0.0323. The predicted molar refractivity (Wildman–Crippen MR) is 90.8 cm³/mol. The number of nitrogens with one attached hydrogen (secondary N) is 1. The molecule has 1 aromatic heterocycles. The van der Waals surface area contributed by atoms with Crippen molar-refractivity contribution in [3.63, 3.8) is 0 Å². The lowest BCUT2D eigenvalue weighted by Gasteiger charge is -2.20. The third-order valence-corrected chi connectivity index (χ3v) is 3.90. The summed E-state index contributed by atoms with van der Waals surface area (Å²) >= 11 is 6.38. The molecule has 3 aromatic rings. The van der Waals surface area contributed by atoms with E-state index in [1.165, 1.54) is 5.56 Å². The molecule has 1 heterocycles. The van der Waals surface area contributed by atoms with Crippen LogP contribution in [0.4, 0.5) is 0 Å². The number of hydrogen-bond acceptors (Lipinski definition) is 2. The summed E-state index contributed by atoms with van der Waals surface area (Å²) in [4.78, 5) is 4.49. The topological polar surface area (TPSA) is 24.9 Å². The molecule has 0 radical (unpaired) electrons. The van der Waals surface area contributed by atoms with Crippen LogP contribution in [0.15, 0.2) is 79.0 Å². The molecule has 0 aliphatic heterocycles. The summed E-state index contributed by atoms with van der Waals surface area (Å²) < 4.78 is 0. The maximum atomic E-state index is 6.38. The van der Waals surface area contributed by atoms with Crippen molar-refractivity contribution in [1.29, 1.82) is 0 Å². The van der Waals surface area contributed by atoms with Gasteiger partial charge in [-0.05, 0) is 29.3 Å². The molecule has 0 fully saturated rings. The number of hydrogen-bond donors (Lipinski definition) is 1. The van der Waals surface area contributed by atoms with Gasteiger partial charge in [-0.1, -0.05) is 66.2 Å². The lowest BCUT2D eigenvalue weighted by atomic mass is 10.0. The summed E-state index contributed by atoms with van der Waals surface area (Å²) in [6.45, 7) is 0.757. The first-order valence-electron chi connectivity index (χ1n) is 7.27. The fourth-order valence-electron chi connectivity index (χ4n) is 2.45. The van der Waals surface area contributed by atoms with Gasteiger partial charge in [0.25, 0.3) is 0 Å². The van der Waals surface area contributed by atoms with Gasteiger partial charge < -0.3 is 5.32 Å². The van der Waals surface area contributed by atoms with Crippen molar-refractivity contribution in [2.24, 2.45) is 0 Å². The number of pyridine rings is 1. The van der Waals surface area contributed by atoms with Crippen LogP contribution >= 0.6 is 11.6 Å². The Hall–Kier alpha value is -2.16. The molecule has 3 heteroatoms. The summed E-state index contributed by atoms with van der Waals surface area (Å²) in [5.41, 5.74) is 3.24. The molecular weight excluding hydrogens is 292 g/mol. The van der Waals surface area contributed by atoms with E-state index in [1.54, 1.807) is 0 Å². The molecule has 1 atom stereocenters. The summed E-state index contributed by atoms with van der Waals surface area (Å²) in [5, 5.41) is 4.31. The van der Waals surface area contributed by atoms with Gasteiger partial charge in [0.2, 0.25) is 0 Å². The van der Waals surface area contributed by atoms with E-state index in [0.717, 1.165) is 22.8 Å². The van der Waals surface area contributed by atoms with Gasteiger partial charge in [0.05, 0.1) is 11.7 Å². The second kappa shape index (κ2) is 7.21. The van der Waals surface area contributed by atoms with Crippen LogP contribution in [-0.2, 0) is 6.54 Å². The SMILES string of the molecule is Clc1ccccc1[C@H](NCc1ccccc1)c1ccccn1. The number of nitrogens with zero attached hydrogens (tertiary/aromatic N) is 1. The van der Waals surface area contributed by atoms with Crippen molar-refractivity contribution < 1.29 is 0 Å². The van der Waals surface area contributed by atoms with E-state index in [4.69, 9.17) is 11.6 Å². The van der Waals surface area contributed by atoms with E-state index in [0.29, 0.717) is 0 Å². The maximum Gasteiger partial charge on any atom is 0.0768 e. The van der Waals surface area contributed by atoms with Gasteiger partial charge in [-0.2, -0.15) is 0 Å². The zero-order chi connectivity index (χ0) is 15.2. The van der Waals surface area contributed by atoms with Crippen molar-refractivity contribution in [3.05, 3.63) is 101 Å². The minimum absolute atomic E-state index is 0.0323. The molecule has 0 aliphatic rings. The van der Waals surface area contributed by atoms with E-state index in [2.05, 4.69) is 22.4 Å². The molecule has 0 amide bonds. The molecule has 22 heavy (non-hydrogen) atoms. The van der Waals surface area contributed by atoms with Crippen LogP contribution in [-0.4, -0.2) is 4.98 Å². The molecule has 1 N–H and O–H groups in total. The number of halogens is 1. The second-order valence-electron chi connectivity index (χ2n) is 5.08. The van der Waals surface area contributed by atoms with E-state index in [9.17, 15) is 0 Å². The predicted octanol–water partition coefficient (Wildman–Crippen LogP) is 4.61. The third-order valence-electron chi connectivity index (χ3n) is 3.55. The smallest absolute Gasteiger partial charge is 0.0768 e. The minimum Gasteiger partial charge on any atom is -0.301 e.